The van der Waals surface area contributed by atoms with Crippen molar-refractivity contribution in [3.8, 4) is 6.07 Å². The lowest BCUT2D eigenvalue weighted by atomic mass is 10.1. The monoisotopic (exact) mass is 308 g/mol. The first-order valence-electron chi connectivity index (χ1n) is 6.60. The van der Waals surface area contributed by atoms with E-state index in [9.17, 15) is 8.42 Å². The summed E-state index contributed by atoms with van der Waals surface area (Å²) in [5.41, 5.74) is 0.924. The maximum absolute atomic E-state index is 12.3. The van der Waals surface area contributed by atoms with Crippen LogP contribution in [0.25, 0.3) is 10.8 Å². The molecule has 0 spiro atoms. The summed E-state index contributed by atoms with van der Waals surface area (Å²) in [5.74, 6) is 0. The van der Waals surface area contributed by atoms with Gasteiger partial charge < -0.3 is 0 Å². The van der Waals surface area contributed by atoms with Gasteiger partial charge in [0.25, 0.3) is 10.0 Å². The summed E-state index contributed by atoms with van der Waals surface area (Å²) in [4.78, 5) is 0.125. The van der Waals surface area contributed by atoms with E-state index in [1.807, 2.05) is 36.4 Å². The lowest BCUT2D eigenvalue weighted by molar-refractivity contribution is 0.601. The van der Waals surface area contributed by atoms with Crippen LogP contribution in [0.5, 0.6) is 0 Å². The van der Waals surface area contributed by atoms with Crippen molar-refractivity contribution >= 4 is 26.5 Å². The summed E-state index contributed by atoms with van der Waals surface area (Å²) >= 11 is 0. The zero-order valence-corrected chi connectivity index (χ0v) is 12.3. The molecule has 5 heteroatoms. The van der Waals surface area contributed by atoms with Crippen LogP contribution in [0.3, 0.4) is 0 Å². The quantitative estimate of drug-likeness (QED) is 0.805. The second-order valence-corrected chi connectivity index (χ2v) is 6.49. The molecular formula is C17H12N2O2S. The number of benzene rings is 3. The van der Waals surface area contributed by atoms with Gasteiger partial charge in [-0.3, -0.25) is 4.72 Å². The Balaban J connectivity index is 1.93. The highest BCUT2D eigenvalue weighted by molar-refractivity contribution is 7.92. The molecule has 0 bridgehead atoms. The van der Waals surface area contributed by atoms with Gasteiger partial charge in [-0.25, -0.2) is 8.42 Å². The van der Waals surface area contributed by atoms with Crippen LogP contribution < -0.4 is 4.72 Å². The van der Waals surface area contributed by atoms with Crippen molar-refractivity contribution in [2.24, 2.45) is 0 Å². The van der Waals surface area contributed by atoms with Crippen LogP contribution >= 0.6 is 0 Å². The molecule has 0 amide bonds. The fraction of sp³-hybridized carbons (Fsp3) is 0. The van der Waals surface area contributed by atoms with Gasteiger partial charge in [-0.05, 0) is 47.2 Å². The molecule has 0 fully saturated rings. The summed E-state index contributed by atoms with van der Waals surface area (Å²) in [6, 6.07) is 20.9. The van der Waals surface area contributed by atoms with E-state index in [-0.39, 0.29) is 4.90 Å². The van der Waals surface area contributed by atoms with E-state index in [1.54, 1.807) is 12.1 Å². The molecule has 4 nitrogen and oxygen atoms in total. The van der Waals surface area contributed by atoms with E-state index in [0.717, 1.165) is 10.8 Å². The molecule has 0 saturated heterocycles. The van der Waals surface area contributed by atoms with Crippen LogP contribution in [0.1, 0.15) is 5.56 Å². The summed E-state index contributed by atoms with van der Waals surface area (Å²) in [5, 5.41) is 10.8. The molecule has 0 aliphatic heterocycles. The van der Waals surface area contributed by atoms with Crippen molar-refractivity contribution in [2.75, 3.05) is 4.72 Å². The molecule has 0 aliphatic carbocycles. The van der Waals surface area contributed by atoms with Crippen molar-refractivity contribution in [1.29, 1.82) is 5.26 Å². The predicted octanol–water partition coefficient (Wildman–Crippen LogP) is 3.51. The molecule has 0 atom stereocenters. The van der Waals surface area contributed by atoms with Gasteiger partial charge >= 0.3 is 0 Å². The lowest BCUT2D eigenvalue weighted by Crippen LogP contribution is -2.12. The molecule has 0 unspecified atom stereocenters. The first kappa shape index (κ1) is 14.1. The first-order chi connectivity index (χ1) is 10.6. The maximum Gasteiger partial charge on any atom is 0.261 e. The number of hydrogen-bond donors (Lipinski definition) is 1. The minimum Gasteiger partial charge on any atom is -0.280 e. The fourth-order valence-corrected chi connectivity index (χ4v) is 3.23. The van der Waals surface area contributed by atoms with Crippen LogP contribution in [0.4, 0.5) is 5.69 Å². The Morgan fingerprint density at radius 2 is 1.55 bits per heavy atom. The van der Waals surface area contributed by atoms with Gasteiger partial charge in [-0.2, -0.15) is 5.26 Å². The molecule has 0 saturated carbocycles. The third-order valence-corrected chi connectivity index (χ3v) is 4.69. The van der Waals surface area contributed by atoms with E-state index in [0.29, 0.717) is 11.3 Å². The van der Waals surface area contributed by atoms with Crippen LogP contribution in [-0.4, -0.2) is 8.42 Å². The third-order valence-electron chi connectivity index (χ3n) is 3.30. The number of sulfonamides is 1. The van der Waals surface area contributed by atoms with Crippen molar-refractivity contribution < 1.29 is 8.42 Å². The number of fused-ring (bicyclic) bond motifs is 1. The van der Waals surface area contributed by atoms with E-state index >= 15 is 0 Å². The first-order valence-corrected chi connectivity index (χ1v) is 8.09. The minimum absolute atomic E-state index is 0.125. The lowest BCUT2D eigenvalue weighted by Gasteiger charge is -2.09. The smallest absolute Gasteiger partial charge is 0.261 e. The topological polar surface area (TPSA) is 70.0 Å². The Morgan fingerprint density at radius 1 is 0.864 bits per heavy atom. The van der Waals surface area contributed by atoms with Gasteiger partial charge in [0.05, 0.1) is 16.5 Å². The standard InChI is InChI=1S/C17H12N2O2S/c18-12-13-5-9-17(10-6-13)22(20,21)19-16-8-7-14-3-1-2-4-15(14)11-16/h1-11,19H. The van der Waals surface area contributed by atoms with Crippen LogP contribution in [0.15, 0.2) is 71.6 Å². The molecular weight excluding hydrogens is 296 g/mol. The molecule has 22 heavy (non-hydrogen) atoms. The minimum atomic E-state index is -3.67. The molecule has 1 N–H and O–H groups in total. The number of hydrogen-bond acceptors (Lipinski definition) is 3. The molecule has 3 rings (SSSR count). The van der Waals surface area contributed by atoms with Gasteiger partial charge in [-0.1, -0.05) is 30.3 Å². The Morgan fingerprint density at radius 3 is 2.23 bits per heavy atom. The Bertz CT molecular complexity index is 971. The van der Waals surface area contributed by atoms with E-state index in [4.69, 9.17) is 5.26 Å². The molecule has 108 valence electrons. The van der Waals surface area contributed by atoms with Crippen LogP contribution in [-0.2, 0) is 10.0 Å². The highest BCUT2D eigenvalue weighted by atomic mass is 32.2. The fourth-order valence-electron chi connectivity index (χ4n) is 2.18. The Hall–Kier alpha value is -2.84. The average Bonchev–Trinajstić information content (AvgIpc) is 2.54. The molecule has 3 aromatic rings. The highest BCUT2D eigenvalue weighted by Gasteiger charge is 2.14. The normalized spacial score (nSPS) is 11.0. The van der Waals surface area contributed by atoms with Crippen LogP contribution in [0, 0.1) is 11.3 Å². The van der Waals surface area contributed by atoms with Gasteiger partial charge in [0, 0.05) is 5.69 Å². The predicted molar refractivity (Wildman–Crippen MR) is 85.9 cm³/mol. The van der Waals surface area contributed by atoms with Gasteiger partial charge in [0.2, 0.25) is 0 Å². The average molecular weight is 308 g/mol. The third kappa shape index (κ3) is 2.78. The van der Waals surface area contributed by atoms with Gasteiger partial charge in [0.1, 0.15) is 0 Å². The largest absolute Gasteiger partial charge is 0.280 e. The number of rotatable bonds is 3. The second-order valence-electron chi connectivity index (χ2n) is 4.80. The number of nitrogens with one attached hydrogen (secondary N) is 1. The van der Waals surface area contributed by atoms with Crippen molar-refractivity contribution in [3.05, 3.63) is 72.3 Å². The second kappa shape index (κ2) is 5.51. The van der Waals surface area contributed by atoms with E-state index in [1.165, 1.54) is 24.3 Å². The Kier molecular flexibility index (Phi) is 3.53. The van der Waals surface area contributed by atoms with E-state index < -0.39 is 10.0 Å². The summed E-state index contributed by atoms with van der Waals surface area (Å²) in [7, 11) is -3.67. The summed E-state index contributed by atoms with van der Waals surface area (Å²) in [6.07, 6.45) is 0. The zero-order chi connectivity index (χ0) is 15.6. The number of nitriles is 1. The zero-order valence-electron chi connectivity index (χ0n) is 11.5. The summed E-state index contributed by atoms with van der Waals surface area (Å²) < 4.78 is 27.2. The molecule has 0 heterocycles. The number of nitrogens with zero attached hydrogens (tertiary/aromatic N) is 1. The van der Waals surface area contributed by atoms with Gasteiger partial charge in [-0.15, -0.1) is 0 Å². The summed E-state index contributed by atoms with van der Waals surface area (Å²) in [6.45, 7) is 0. The SMILES string of the molecule is N#Cc1ccc(S(=O)(=O)Nc2ccc3ccccc3c2)cc1. The van der Waals surface area contributed by atoms with Gasteiger partial charge in [0.15, 0.2) is 0 Å². The number of anilines is 1. The van der Waals surface area contributed by atoms with Crippen molar-refractivity contribution in [2.45, 2.75) is 4.90 Å². The van der Waals surface area contributed by atoms with Crippen molar-refractivity contribution in [1.82, 2.24) is 0 Å². The molecule has 0 radical (unpaired) electrons. The molecule has 0 aromatic heterocycles. The van der Waals surface area contributed by atoms with E-state index in [2.05, 4.69) is 4.72 Å². The van der Waals surface area contributed by atoms with Crippen molar-refractivity contribution in [3.63, 3.8) is 0 Å². The Labute approximate surface area is 128 Å². The molecule has 3 aromatic carbocycles. The van der Waals surface area contributed by atoms with Crippen LogP contribution in [0.2, 0.25) is 0 Å². The molecule has 0 aliphatic rings. The highest BCUT2D eigenvalue weighted by Crippen LogP contribution is 2.21. The maximum atomic E-state index is 12.3.